The van der Waals surface area contributed by atoms with Crippen LogP contribution in [0.25, 0.3) is 0 Å². The second-order valence-corrected chi connectivity index (χ2v) is 4.01. The highest BCUT2D eigenvalue weighted by Crippen LogP contribution is 2.11. The van der Waals surface area contributed by atoms with E-state index in [0.29, 0.717) is 0 Å². The van der Waals surface area contributed by atoms with Crippen molar-refractivity contribution in [3.63, 3.8) is 0 Å². The average molecular weight is 207 g/mol. The van der Waals surface area contributed by atoms with E-state index in [4.69, 9.17) is 5.11 Å². The van der Waals surface area contributed by atoms with Gasteiger partial charge in [0.25, 0.3) is 0 Å². The Morgan fingerprint density at radius 3 is 2.47 bits per heavy atom. The molecule has 2 nitrogen and oxygen atoms in total. The molecule has 0 aliphatic carbocycles. The van der Waals surface area contributed by atoms with Crippen LogP contribution in [0.15, 0.2) is 18.2 Å². The Morgan fingerprint density at radius 1 is 1.20 bits per heavy atom. The van der Waals surface area contributed by atoms with Gasteiger partial charge >= 0.3 is 0 Å². The second kappa shape index (κ2) is 5.89. The third-order valence-electron chi connectivity index (χ3n) is 2.84. The Morgan fingerprint density at radius 2 is 1.93 bits per heavy atom. The largest absolute Gasteiger partial charge is 0.395 e. The maximum absolute atomic E-state index is 8.90. The number of hydrogen-bond donors (Lipinski definition) is 1. The van der Waals surface area contributed by atoms with Crippen molar-refractivity contribution in [1.82, 2.24) is 4.90 Å². The molecule has 0 bridgehead atoms. The number of hydrogen-bond acceptors (Lipinski definition) is 2. The minimum atomic E-state index is 0.235. The molecule has 1 rings (SSSR count). The van der Waals surface area contributed by atoms with E-state index >= 15 is 0 Å². The summed E-state index contributed by atoms with van der Waals surface area (Å²) < 4.78 is 0. The van der Waals surface area contributed by atoms with Crippen molar-refractivity contribution in [3.05, 3.63) is 34.9 Å². The van der Waals surface area contributed by atoms with Crippen molar-refractivity contribution in [1.29, 1.82) is 0 Å². The zero-order valence-electron chi connectivity index (χ0n) is 9.95. The molecule has 0 aliphatic rings. The van der Waals surface area contributed by atoms with Crippen LogP contribution in [0.3, 0.4) is 0 Å². The molecule has 0 aliphatic heterocycles. The van der Waals surface area contributed by atoms with Crippen LogP contribution >= 0.6 is 0 Å². The normalized spacial score (nSPS) is 11.0. The van der Waals surface area contributed by atoms with E-state index in [1.165, 1.54) is 16.7 Å². The third kappa shape index (κ3) is 3.65. The summed E-state index contributed by atoms with van der Waals surface area (Å²) in [5, 5.41) is 8.90. The standard InChI is InChI=1S/C13H21NO/c1-4-14(7-8-15)10-13-6-5-11(2)12(3)9-13/h5-6,9,15H,4,7-8,10H2,1-3H3. The lowest BCUT2D eigenvalue weighted by atomic mass is 10.1. The minimum absolute atomic E-state index is 0.235. The summed E-state index contributed by atoms with van der Waals surface area (Å²) in [6, 6.07) is 6.56. The zero-order valence-corrected chi connectivity index (χ0v) is 9.95. The molecule has 1 aromatic rings. The van der Waals surface area contributed by atoms with Gasteiger partial charge < -0.3 is 5.11 Å². The van der Waals surface area contributed by atoms with Gasteiger partial charge in [-0.15, -0.1) is 0 Å². The molecular formula is C13H21NO. The Kier molecular flexibility index (Phi) is 4.79. The van der Waals surface area contributed by atoms with Crippen LogP contribution in [-0.2, 0) is 6.54 Å². The summed E-state index contributed by atoms with van der Waals surface area (Å²) >= 11 is 0. The molecule has 0 fully saturated rings. The van der Waals surface area contributed by atoms with E-state index in [1.807, 2.05) is 0 Å². The number of aliphatic hydroxyl groups is 1. The van der Waals surface area contributed by atoms with Crippen molar-refractivity contribution >= 4 is 0 Å². The molecule has 0 heterocycles. The predicted molar refractivity (Wildman–Crippen MR) is 64.0 cm³/mol. The minimum Gasteiger partial charge on any atom is -0.395 e. The lowest BCUT2D eigenvalue weighted by Crippen LogP contribution is -2.26. The SMILES string of the molecule is CCN(CCO)Cc1ccc(C)c(C)c1. The number of aryl methyl sites for hydroxylation is 2. The molecule has 2 heteroatoms. The lowest BCUT2D eigenvalue weighted by Gasteiger charge is -2.19. The van der Waals surface area contributed by atoms with Crippen LogP contribution < -0.4 is 0 Å². The first-order valence-corrected chi connectivity index (χ1v) is 5.56. The van der Waals surface area contributed by atoms with Gasteiger partial charge in [0.15, 0.2) is 0 Å². The lowest BCUT2D eigenvalue weighted by molar-refractivity contribution is 0.197. The molecule has 0 saturated heterocycles. The maximum atomic E-state index is 8.90. The van der Waals surface area contributed by atoms with Crippen molar-refractivity contribution in [3.8, 4) is 0 Å². The smallest absolute Gasteiger partial charge is 0.0558 e. The maximum Gasteiger partial charge on any atom is 0.0558 e. The van der Waals surface area contributed by atoms with Crippen LogP contribution in [0, 0.1) is 13.8 Å². The zero-order chi connectivity index (χ0) is 11.3. The molecular weight excluding hydrogens is 186 g/mol. The number of benzene rings is 1. The summed E-state index contributed by atoms with van der Waals surface area (Å²) in [5.41, 5.74) is 4.00. The number of rotatable bonds is 5. The van der Waals surface area contributed by atoms with E-state index in [-0.39, 0.29) is 6.61 Å². The van der Waals surface area contributed by atoms with Crippen molar-refractivity contribution < 1.29 is 5.11 Å². The highest BCUT2D eigenvalue weighted by atomic mass is 16.3. The van der Waals surface area contributed by atoms with Gasteiger partial charge in [-0.3, -0.25) is 4.90 Å². The highest BCUT2D eigenvalue weighted by Gasteiger charge is 2.03. The summed E-state index contributed by atoms with van der Waals surface area (Å²) in [4.78, 5) is 2.24. The molecule has 0 unspecified atom stereocenters. The molecule has 0 saturated carbocycles. The molecule has 1 N–H and O–H groups in total. The molecule has 0 amide bonds. The van der Waals surface area contributed by atoms with Crippen LogP contribution in [0.1, 0.15) is 23.6 Å². The van der Waals surface area contributed by atoms with Crippen molar-refractivity contribution in [2.24, 2.45) is 0 Å². The number of aliphatic hydroxyl groups excluding tert-OH is 1. The fraction of sp³-hybridized carbons (Fsp3) is 0.538. The summed E-state index contributed by atoms with van der Waals surface area (Å²) in [6.07, 6.45) is 0. The van der Waals surface area contributed by atoms with Gasteiger partial charge in [-0.05, 0) is 37.1 Å². The van der Waals surface area contributed by atoms with Gasteiger partial charge in [0.05, 0.1) is 6.61 Å². The summed E-state index contributed by atoms with van der Waals surface area (Å²) in [6.45, 7) is 9.29. The Labute approximate surface area is 92.5 Å². The second-order valence-electron chi connectivity index (χ2n) is 4.01. The van der Waals surface area contributed by atoms with E-state index in [9.17, 15) is 0 Å². The Hall–Kier alpha value is -0.860. The molecule has 0 spiro atoms. The van der Waals surface area contributed by atoms with Gasteiger partial charge in [-0.25, -0.2) is 0 Å². The fourth-order valence-electron chi connectivity index (χ4n) is 1.65. The quantitative estimate of drug-likeness (QED) is 0.799. The first-order valence-electron chi connectivity index (χ1n) is 5.56. The first kappa shape index (κ1) is 12.2. The van der Waals surface area contributed by atoms with Gasteiger partial charge in [-0.1, -0.05) is 25.1 Å². The average Bonchev–Trinajstić information content (AvgIpc) is 2.23. The van der Waals surface area contributed by atoms with Crippen LogP contribution in [-0.4, -0.2) is 29.7 Å². The van der Waals surface area contributed by atoms with Crippen LogP contribution in [0.5, 0.6) is 0 Å². The molecule has 1 aromatic carbocycles. The third-order valence-corrected chi connectivity index (χ3v) is 2.84. The Balaban J connectivity index is 2.66. The van der Waals surface area contributed by atoms with Crippen molar-refractivity contribution in [2.45, 2.75) is 27.3 Å². The van der Waals surface area contributed by atoms with Gasteiger partial charge in [0.2, 0.25) is 0 Å². The fourth-order valence-corrected chi connectivity index (χ4v) is 1.65. The summed E-state index contributed by atoms with van der Waals surface area (Å²) in [5.74, 6) is 0. The molecule has 15 heavy (non-hydrogen) atoms. The molecule has 0 atom stereocenters. The Bertz CT molecular complexity index is 309. The topological polar surface area (TPSA) is 23.5 Å². The first-order chi connectivity index (χ1) is 7.17. The number of likely N-dealkylation sites (N-methyl/N-ethyl adjacent to an activating group) is 1. The molecule has 0 aromatic heterocycles. The van der Waals surface area contributed by atoms with E-state index < -0.39 is 0 Å². The van der Waals surface area contributed by atoms with E-state index in [0.717, 1.165) is 19.6 Å². The highest BCUT2D eigenvalue weighted by molar-refractivity contribution is 5.29. The van der Waals surface area contributed by atoms with E-state index in [2.05, 4.69) is 43.9 Å². The molecule has 0 radical (unpaired) electrons. The van der Waals surface area contributed by atoms with Crippen LogP contribution in [0.2, 0.25) is 0 Å². The van der Waals surface area contributed by atoms with Crippen LogP contribution in [0.4, 0.5) is 0 Å². The van der Waals surface area contributed by atoms with E-state index in [1.54, 1.807) is 0 Å². The van der Waals surface area contributed by atoms with Gasteiger partial charge in [0.1, 0.15) is 0 Å². The predicted octanol–water partition coefficient (Wildman–Crippen LogP) is 2.12. The monoisotopic (exact) mass is 207 g/mol. The number of nitrogens with zero attached hydrogens (tertiary/aromatic N) is 1. The van der Waals surface area contributed by atoms with Gasteiger partial charge in [0, 0.05) is 13.1 Å². The van der Waals surface area contributed by atoms with Crippen molar-refractivity contribution in [2.75, 3.05) is 19.7 Å². The summed E-state index contributed by atoms with van der Waals surface area (Å²) in [7, 11) is 0. The molecule has 84 valence electrons. The van der Waals surface area contributed by atoms with Gasteiger partial charge in [-0.2, -0.15) is 0 Å².